The van der Waals surface area contributed by atoms with Gasteiger partial charge in [-0.1, -0.05) is 48.5 Å². The SMILES string of the molecule is CCOC(=O)C1CC2(CCN(c3cc(O[C@H](c4ccc(C5=CCN(S(C)(=O)=O)CC5)cc4-n4ccc(C)n4)C(F)(F)F)nc(N)n3)CC2)CN1C(=O)OCc1ccccc1. The number of piperidine rings is 1. The molecule has 60 heavy (non-hydrogen) atoms. The summed E-state index contributed by atoms with van der Waals surface area (Å²) in [5, 5.41) is 4.40. The molecule has 7 rings (SSSR count). The third-order valence-electron chi connectivity index (χ3n) is 11.2. The normalized spacial score (nSPS) is 18.9. The number of nitrogen functional groups attached to an aromatic ring is 1. The van der Waals surface area contributed by atoms with Gasteiger partial charge >= 0.3 is 18.2 Å². The van der Waals surface area contributed by atoms with Gasteiger partial charge in [0.15, 0.2) is 0 Å². The van der Waals surface area contributed by atoms with E-state index in [0.29, 0.717) is 50.0 Å². The molecule has 0 saturated carbocycles. The van der Waals surface area contributed by atoms with E-state index in [-0.39, 0.29) is 55.9 Å². The van der Waals surface area contributed by atoms with E-state index < -0.39 is 51.7 Å². The molecule has 1 spiro atoms. The molecule has 3 aliphatic heterocycles. The molecule has 1 unspecified atom stereocenters. The third-order valence-corrected chi connectivity index (χ3v) is 12.5. The molecule has 2 fully saturated rings. The van der Waals surface area contributed by atoms with Crippen molar-refractivity contribution < 1.29 is 45.4 Å². The molecule has 5 heterocycles. The number of nitrogens with two attached hydrogens (primary N) is 1. The number of esters is 1. The molecule has 2 saturated heterocycles. The minimum Gasteiger partial charge on any atom is -0.464 e. The number of aryl methyl sites for hydroxylation is 1. The number of likely N-dealkylation sites (tertiary alicyclic amines) is 1. The molecule has 0 aliphatic carbocycles. The number of halogens is 3. The van der Waals surface area contributed by atoms with Gasteiger partial charge in [0.05, 0.1) is 24.2 Å². The first-order valence-corrected chi connectivity index (χ1v) is 21.4. The molecule has 1 amide bonds. The molecule has 2 aromatic carbocycles. The van der Waals surface area contributed by atoms with Crippen molar-refractivity contribution in [3.8, 4) is 11.6 Å². The summed E-state index contributed by atoms with van der Waals surface area (Å²) in [4.78, 5) is 38.1. The van der Waals surface area contributed by atoms with Crippen LogP contribution in [0.25, 0.3) is 11.3 Å². The van der Waals surface area contributed by atoms with Crippen LogP contribution in [0, 0.1) is 12.3 Å². The van der Waals surface area contributed by atoms with Gasteiger partial charge in [-0.15, -0.1) is 0 Å². The molecule has 19 heteroatoms. The Labute approximate surface area is 346 Å². The summed E-state index contributed by atoms with van der Waals surface area (Å²) in [6, 6.07) is 15.9. The molecule has 2 aromatic heterocycles. The van der Waals surface area contributed by atoms with Crippen molar-refractivity contribution in [2.45, 2.75) is 64.5 Å². The lowest BCUT2D eigenvalue weighted by molar-refractivity contribution is -0.198. The van der Waals surface area contributed by atoms with Crippen LogP contribution in [0.4, 0.5) is 29.7 Å². The second-order valence-electron chi connectivity index (χ2n) is 15.4. The first-order valence-electron chi connectivity index (χ1n) is 19.6. The van der Waals surface area contributed by atoms with E-state index in [2.05, 4.69) is 15.1 Å². The highest BCUT2D eigenvalue weighted by Crippen LogP contribution is 2.45. The fourth-order valence-electron chi connectivity index (χ4n) is 8.08. The van der Waals surface area contributed by atoms with E-state index in [4.69, 9.17) is 19.9 Å². The number of ether oxygens (including phenoxy) is 3. The van der Waals surface area contributed by atoms with E-state index in [1.807, 2.05) is 35.2 Å². The maximum absolute atomic E-state index is 15.1. The summed E-state index contributed by atoms with van der Waals surface area (Å²) in [5.74, 6) is -0.924. The smallest absolute Gasteiger partial charge is 0.429 e. The highest BCUT2D eigenvalue weighted by molar-refractivity contribution is 7.88. The molecular weight excluding hydrogens is 806 g/mol. The highest BCUT2D eigenvalue weighted by atomic mass is 32.2. The Morgan fingerprint density at radius 2 is 1.77 bits per heavy atom. The van der Waals surface area contributed by atoms with Crippen LogP contribution in [0.1, 0.15) is 61.1 Å². The van der Waals surface area contributed by atoms with Gasteiger partial charge < -0.3 is 24.8 Å². The lowest BCUT2D eigenvalue weighted by Gasteiger charge is -2.39. The van der Waals surface area contributed by atoms with Gasteiger partial charge in [-0.2, -0.15) is 32.5 Å². The second-order valence-corrected chi connectivity index (χ2v) is 17.3. The Morgan fingerprint density at radius 3 is 2.40 bits per heavy atom. The Morgan fingerprint density at radius 1 is 1.02 bits per heavy atom. The quantitative estimate of drug-likeness (QED) is 0.179. The molecule has 2 N–H and O–H groups in total. The number of benzene rings is 2. The zero-order valence-electron chi connectivity index (χ0n) is 33.5. The maximum atomic E-state index is 15.1. The van der Waals surface area contributed by atoms with Gasteiger partial charge in [0, 0.05) is 50.6 Å². The van der Waals surface area contributed by atoms with Gasteiger partial charge in [-0.25, -0.2) is 22.7 Å². The van der Waals surface area contributed by atoms with Crippen LogP contribution < -0.4 is 15.4 Å². The molecular formula is C41H47F3N8O7S. The summed E-state index contributed by atoms with van der Waals surface area (Å²) in [6.07, 6.45) is -1.80. The van der Waals surface area contributed by atoms with E-state index >= 15 is 13.2 Å². The predicted molar refractivity (Wildman–Crippen MR) is 215 cm³/mol. The molecule has 0 bridgehead atoms. The Bertz CT molecular complexity index is 2350. The number of hydrogen-bond acceptors (Lipinski definition) is 12. The Kier molecular flexibility index (Phi) is 12.1. The van der Waals surface area contributed by atoms with Crippen molar-refractivity contribution in [3.63, 3.8) is 0 Å². The highest BCUT2D eigenvalue weighted by Gasteiger charge is 2.51. The number of aromatic nitrogens is 4. The molecule has 0 radical (unpaired) electrons. The topological polar surface area (TPSA) is 175 Å². The standard InChI is InChI=1S/C41H47F3N8O7S/c1-4-57-37(53)33-24-40(26-51(33)39(54)58-25-28-8-6-5-7-9-28)15-20-49(21-16-40)34-23-35(47-38(45)46-34)59-36(41(42,43)44)31-11-10-30(22-32(31)52-19-12-27(2)48-52)29-13-17-50(18-14-29)60(3,55)56/h5-13,19,22-23,33,36H,4,14-18,20-21,24-26H2,1-3H3,(H2,45,46,47)/t33?,36-/m1/s1. The minimum atomic E-state index is -4.91. The van der Waals surface area contributed by atoms with Gasteiger partial charge in [0.25, 0.3) is 0 Å². The first-order chi connectivity index (χ1) is 28.5. The van der Waals surface area contributed by atoms with Crippen LogP contribution in [0.15, 0.2) is 72.9 Å². The van der Waals surface area contributed by atoms with Gasteiger partial charge in [-0.05, 0) is 73.8 Å². The summed E-state index contributed by atoms with van der Waals surface area (Å²) >= 11 is 0. The summed E-state index contributed by atoms with van der Waals surface area (Å²) in [7, 11) is -3.41. The zero-order chi connectivity index (χ0) is 42.8. The van der Waals surface area contributed by atoms with Gasteiger partial charge in [0.2, 0.25) is 28.0 Å². The molecule has 320 valence electrons. The average Bonchev–Trinajstić information content (AvgIpc) is 3.82. The van der Waals surface area contributed by atoms with Crippen LogP contribution in [0.2, 0.25) is 0 Å². The zero-order valence-corrected chi connectivity index (χ0v) is 34.3. The average molecular weight is 853 g/mol. The number of anilines is 2. The lowest BCUT2D eigenvalue weighted by Crippen LogP contribution is -2.43. The minimum absolute atomic E-state index is 0.0446. The fraction of sp³-hybridized carbons (Fsp3) is 0.439. The first kappa shape index (κ1) is 42.4. The third kappa shape index (κ3) is 9.51. The van der Waals surface area contributed by atoms with E-state index in [0.717, 1.165) is 17.4 Å². The fourth-order valence-corrected chi connectivity index (χ4v) is 8.85. The number of rotatable bonds is 11. The number of carbonyl (C=O) groups excluding carboxylic acids is 2. The van der Waals surface area contributed by atoms with E-state index in [1.165, 1.54) is 26.0 Å². The molecule has 4 aromatic rings. The van der Waals surface area contributed by atoms with Crippen LogP contribution in [0.3, 0.4) is 0 Å². The second kappa shape index (κ2) is 17.1. The van der Waals surface area contributed by atoms with Crippen molar-refractivity contribution in [1.82, 2.24) is 29.0 Å². The number of carbonyl (C=O) groups is 2. The number of amides is 1. The van der Waals surface area contributed by atoms with Crippen LogP contribution >= 0.6 is 0 Å². The van der Waals surface area contributed by atoms with Crippen molar-refractivity contribution in [2.75, 3.05) is 56.2 Å². The van der Waals surface area contributed by atoms with Crippen molar-refractivity contribution in [3.05, 3.63) is 95.3 Å². The van der Waals surface area contributed by atoms with Crippen molar-refractivity contribution in [2.24, 2.45) is 5.41 Å². The Balaban J connectivity index is 1.10. The molecule has 3 aliphatic rings. The molecule has 2 atom stereocenters. The van der Waals surface area contributed by atoms with Crippen molar-refractivity contribution in [1.29, 1.82) is 0 Å². The van der Waals surface area contributed by atoms with E-state index in [1.54, 1.807) is 44.3 Å². The number of nitrogens with zero attached hydrogens (tertiary/aromatic N) is 7. The number of alkyl halides is 3. The van der Waals surface area contributed by atoms with Crippen LogP contribution in [-0.2, 0) is 30.9 Å². The predicted octanol–water partition coefficient (Wildman–Crippen LogP) is 5.84. The summed E-state index contributed by atoms with van der Waals surface area (Å²) in [5.41, 5.74) is 8.32. The summed E-state index contributed by atoms with van der Waals surface area (Å²) in [6.45, 7) is 5.05. The lowest BCUT2D eigenvalue weighted by atomic mass is 9.76. The number of hydrogen-bond donors (Lipinski definition) is 1. The van der Waals surface area contributed by atoms with E-state index in [9.17, 15) is 18.0 Å². The van der Waals surface area contributed by atoms with Gasteiger partial charge in [-0.3, -0.25) is 4.90 Å². The monoisotopic (exact) mass is 852 g/mol. The maximum Gasteiger partial charge on any atom is 0.429 e. The van der Waals surface area contributed by atoms with Crippen molar-refractivity contribution >= 4 is 39.4 Å². The van der Waals surface area contributed by atoms with Crippen LogP contribution in [0.5, 0.6) is 5.88 Å². The largest absolute Gasteiger partial charge is 0.464 e. The number of sulfonamides is 1. The Hall–Kier alpha value is -5.69. The molecule has 15 nitrogen and oxygen atoms in total. The summed E-state index contributed by atoms with van der Waals surface area (Å²) < 4.78 is 88.8. The van der Waals surface area contributed by atoms with Crippen LogP contribution in [-0.4, -0.2) is 107 Å². The van der Waals surface area contributed by atoms with Gasteiger partial charge in [0.1, 0.15) is 18.5 Å².